The summed E-state index contributed by atoms with van der Waals surface area (Å²) in [6.45, 7) is 0.407. The summed E-state index contributed by atoms with van der Waals surface area (Å²) in [5.74, 6) is 1.51. The van der Waals surface area contributed by atoms with Gasteiger partial charge in [0.25, 0.3) is 5.91 Å². The van der Waals surface area contributed by atoms with Crippen molar-refractivity contribution in [2.24, 2.45) is 12.8 Å². The molecule has 0 atom stereocenters. The third-order valence-electron chi connectivity index (χ3n) is 6.33. The van der Waals surface area contributed by atoms with Gasteiger partial charge in [-0.1, -0.05) is 12.1 Å². The number of fused-ring (bicyclic) bond motifs is 1. The fourth-order valence-electron chi connectivity index (χ4n) is 4.38. The lowest BCUT2D eigenvalue weighted by atomic mass is 9.94. The quantitative estimate of drug-likeness (QED) is 0.358. The van der Waals surface area contributed by atoms with Gasteiger partial charge in [0.2, 0.25) is 0 Å². The Morgan fingerprint density at radius 2 is 1.82 bits per heavy atom. The third-order valence-corrected chi connectivity index (χ3v) is 7.19. The van der Waals surface area contributed by atoms with E-state index < -0.39 is 0 Å². The molecule has 0 spiro atoms. The molecule has 2 heterocycles. The van der Waals surface area contributed by atoms with Crippen LogP contribution in [0.15, 0.2) is 66.0 Å². The predicted octanol–water partition coefficient (Wildman–Crippen LogP) is 5.72. The zero-order chi connectivity index (χ0) is 23.5. The van der Waals surface area contributed by atoms with E-state index >= 15 is 0 Å². The van der Waals surface area contributed by atoms with E-state index in [-0.39, 0.29) is 12.0 Å². The number of carbonyl (C=O) groups excluding carboxylic acids is 1. The molecule has 1 aliphatic carbocycles. The number of rotatable bonds is 7. The number of aromatic nitrogens is 1. The molecule has 3 N–H and O–H groups in total. The topological polar surface area (TPSA) is 78.5 Å². The Labute approximate surface area is 203 Å². The van der Waals surface area contributed by atoms with Gasteiger partial charge in [-0.3, -0.25) is 4.79 Å². The Hall–Kier alpha value is -3.29. The summed E-state index contributed by atoms with van der Waals surface area (Å²) in [5.41, 5.74) is 9.40. The summed E-state index contributed by atoms with van der Waals surface area (Å²) < 4.78 is 15.1. The molecule has 1 amide bonds. The fraction of sp³-hybridized carbons (Fsp3) is 0.296. The van der Waals surface area contributed by atoms with E-state index in [0.29, 0.717) is 18.3 Å². The van der Waals surface area contributed by atoms with Gasteiger partial charge < -0.3 is 25.1 Å². The number of carbonyl (C=O) groups is 1. The maximum absolute atomic E-state index is 12.8. The lowest BCUT2D eigenvalue weighted by molar-refractivity contribution is 0.101. The van der Waals surface area contributed by atoms with E-state index in [0.717, 1.165) is 58.6 Å². The number of thiophene rings is 1. The first-order valence-electron chi connectivity index (χ1n) is 11.6. The summed E-state index contributed by atoms with van der Waals surface area (Å²) in [6.07, 6.45) is 4.31. The van der Waals surface area contributed by atoms with Gasteiger partial charge in [-0.05, 0) is 85.2 Å². The minimum atomic E-state index is -0.125. The van der Waals surface area contributed by atoms with Crippen LogP contribution in [0.4, 0.5) is 5.69 Å². The molecule has 2 aromatic heterocycles. The number of nitrogens with zero attached hydrogens (tertiary/aromatic N) is 1. The van der Waals surface area contributed by atoms with Crippen molar-refractivity contribution in [1.82, 2.24) is 4.57 Å². The van der Waals surface area contributed by atoms with Crippen LogP contribution in [0, 0.1) is 0 Å². The Kier molecular flexibility index (Phi) is 6.56. The van der Waals surface area contributed by atoms with Gasteiger partial charge in [0, 0.05) is 18.8 Å². The van der Waals surface area contributed by atoms with Crippen LogP contribution >= 0.6 is 11.3 Å². The average molecular weight is 476 g/mol. The molecule has 2 aromatic carbocycles. The smallest absolute Gasteiger partial charge is 0.272 e. The highest BCUT2D eigenvalue weighted by Gasteiger charge is 2.19. The number of anilines is 1. The Balaban J connectivity index is 1.16. The molecule has 5 rings (SSSR count). The number of aryl methyl sites for hydroxylation is 1. The van der Waals surface area contributed by atoms with Crippen LogP contribution in [-0.4, -0.2) is 22.6 Å². The molecule has 0 saturated heterocycles. The number of hydrogen-bond acceptors (Lipinski definition) is 5. The SMILES string of the molecule is Cn1c(C(=O)Nc2cccc(COc3ccc(O[C@H]4CC[C@@H](N)CC4)cc3)c2)cc2sccc21. The third kappa shape index (κ3) is 5.11. The van der Waals surface area contributed by atoms with Gasteiger partial charge in [0.05, 0.1) is 16.3 Å². The molecule has 1 saturated carbocycles. The molecule has 1 aliphatic rings. The van der Waals surface area contributed by atoms with Crippen molar-refractivity contribution >= 4 is 33.1 Å². The number of nitrogens with two attached hydrogens (primary N) is 1. The zero-order valence-electron chi connectivity index (χ0n) is 19.2. The van der Waals surface area contributed by atoms with E-state index in [1.807, 2.05) is 77.7 Å². The second-order valence-corrected chi connectivity index (χ2v) is 9.78. The molecule has 1 fully saturated rings. The van der Waals surface area contributed by atoms with Crippen LogP contribution < -0.4 is 20.5 Å². The lowest BCUT2D eigenvalue weighted by Gasteiger charge is -2.26. The van der Waals surface area contributed by atoms with E-state index in [1.165, 1.54) is 0 Å². The molecule has 176 valence electrons. The average Bonchev–Trinajstić information content (AvgIpc) is 3.43. The Morgan fingerprint density at radius 1 is 1.06 bits per heavy atom. The Morgan fingerprint density at radius 3 is 2.59 bits per heavy atom. The van der Waals surface area contributed by atoms with E-state index in [9.17, 15) is 4.79 Å². The Bertz CT molecular complexity index is 1270. The second-order valence-electron chi connectivity index (χ2n) is 8.83. The number of benzene rings is 2. The normalized spacial score (nSPS) is 18.1. The summed E-state index contributed by atoms with van der Waals surface area (Å²) >= 11 is 1.63. The molecule has 4 aromatic rings. The van der Waals surface area contributed by atoms with E-state index in [2.05, 4.69) is 5.32 Å². The molecule has 0 unspecified atom stereocenters. The monoisotopic (exact) mass is 475 g/mol. The molecule has 7 heteroatoms. The molecule has 0 radical (unpaired) electrons. The molecular weight excluding hydrogens is 446 g/mol. The number of amides is 1. The van der Waals surface area contributed by atoms with Crippen LogP contribution in [0.3, 0.4) is 0 Å². The fourth-order valence-corrected chi connectivity index (χ4v) is 5.23. The minimum absolute atomic E-state index is 0.125. The van der Waals surface area contributed by atoms with E-state index in [4.69, 9.17) is 15.2 Å². The number of ether oxygens (including phenoxy) is 2. The highest BCUT2D eigenvalue weighted by molar-refractivity contribution is 7.17. The van der Waals surface area contributed by atoms with Crippen molar-refractivity contribution in [3.8, 4) is 11.5 Å². The molecule has 34 heavy (non-hydrogen) atoms. The van der Waals surface area contributed by atoms with Crippen molar-refractivity contribution in [3.05, 3.63) is 77.3 Å². The minimum Gasteiger partial charge on any atom is -0.490 e. The summed E-state index contributed by atoms with van der Waals surface area (Å²) in [5, 5.41) is 5.03. The van der Waals surface area contributed by atoms with Crippen molar-refractivity contribution in [1.29, 1.82) is 0 Å². The van der Waals surface area contributed by atoms with Crippen molar-refractivity contribution < 1.29 is 14.3 Å². The zero-order valence-corrected chi connectivity index (χ0v) is 20.0. The highest BCUT2D eigenvalue weighted by atomic mass is 32.1. The van der Waals surface area contributed by atoms with E-state index in [1.54, 1.807) is 11.3 Å². The number of hydrogen-bond donors (Lipinski definition) is 2. The predicted molar refractivity (Wildman–Crippen MR) is 137 cm³/mol. The van der Waals surface area contributed by atoms with Crippen molar-refractivity contribution in [2.75, 3.05) is 5.32 Å². The van der Waals surface area contributed by atoms with Gasteiger partial charge in [0.15, 0.2) is 0 Å². The summed E-state index contributed by atoms with van der Waals surface area (Å²) in [6, 6.07) is 19.8. The van der Waals surface area contributed by atoms with Gasteiger partial charge in [-0.25, -0.2) is 0 Å². The van der Waals surface area contributed by atoms with Crippen LogP contribution in [0.5, 0.6) is 11.5 Å². The maximum atomic E-state index is 12.8. The van der Waals surface area contributed by atoms with Gasteiger partial charge in [-0.2, -0.15) is 0 Å². The van der Waals surface area contributed by atoms with Crippen LogP contribution in [0.25, 0.3) is 10.2 Å². The van der Waals surface area contributed by atoms with Crippen molar-refractivity contribution in [3.63, 3.8) is 0 Å². The van der Waals surface area contributed by atoms with Crippen molar-refractivity contribution in [2.45, 2.75) is 44.4 Å². The van der Waals surface area contributed by atoms with Gasteiger partial charge in [0.1, 0.15) is 23.8 Å². The molecule has 6 nitrogen and oxygen atoms in total. The first-order valence-corrected chi connectivity index (χ1v) is 12.5. The van der Waals surface area contributed by atoms with Gasteiger partial charge >= 0.3 is 0 Å². The maximum Gasteiger partial charge on any atom is 0.272 e. The lowest BCUT2D eigenvalue weighted by Crippen LogP contribution is -2.31. The van der Waals surface area contributed by atoms with Crippen LogP contribution in [-0.2, 0) is 13.7 Å². The summed E-state index contributed by atoms with van der Waals surface area (Å²) in [4.78, 5) is 12.8. The number of nitrogens with one attached hydrogen (secondary N) is 1. The molecule has 0 bridgehead atoms. The van der Waals surface area contributed by atoms with Gasteiger partial charge in [-0.15, -0.1) is 11.3 Å². The highest BCUT2D eigenvalue weighted by Crippen LogP contribution is 2.26. The van der Waals surface area contributed by atoms with Crippen LogP contribution in [0.1, 0.15) is 41.7 Å². The molecule has 0 aliphatic heterocycles. The largest absolute Gasteiger partial charge is 0.490 e. The second kappa shape index (κ2) is 9.91. The first kappa shape index (κ1) is 22.5. The standard InChI is InChI=1S/C27H29N3O3S/c1-30-24-13-14-34-26(24)16-25(30)27(31)29-20-4-2-3-18(15-20)17-32-21-9-11-23(12-10-21)33-22-7-5-19(28)6-8-22/h2-4,9-16,19,22H,5-8,17,28H2,1H3,(H,29,31)/t19-,22+. The van der Waals surface area contributed by atoms with Crippen LogP contribution in [0.2, 0.25) is 0 Å². The summed E-state index contributed by atoms with van der Waals surface area (Å²) in [7, 11) is 1.91. The molecular formula is C27H29N3O3S. The first-order chi connectivity index (χ1) is 16.5.